The molecule has 1 aromatic carbocycles. The number of benzene rings is 1. The normalized spacial score (nSPS) is 10.8. The van der Waals surface area contributed by atoms with Crippen LogP contribution >= 0.6 is 11.6 Å². The second-order valence-corrected chi connectivity index (χ2v) is 5.11. The van der Waals surface area contributed by atoms with Crippen LogP contribution in [0.4, 0.5) is 11.6 Å². The molecule has 0 aliphatic rings. The van der Waals surface area contributed by atoms with Crippen molar-refractivity contribution in [2.45, 2.75) is 0 Å². The van der Waals surface area contributed by atoms with Gasteiger partial charge in [0.1, 0.15) is 23.5 Å². The molecular weight excluding hydrogens is 314 g/mol. The van der Waals surface area contributed by atoms with Gasteiger partial charge in [-0.2, -0.15) is 0 Å². The second kappa shape index (κ2) is 5.62. The van der Waals surface area contributed by atoms with Crippen molar-refractivity contribution in [2.75, 3.05) is 5.32 Å². The molecule has 0 radical (unpaired) electrons. The summed E-state index contributed by atoms with van der Waals surface area (Å²) in [6.07, 6.45) is 6.26. The van der Waals surface area contributed by atoms with Gasteiger partial charge in [0, 0.05) is 18.0 Å². The van der Waals surface area contributed by atoms with Gasteiger partial charge < -0.3 is 10.3 Å². The number of H-pyrrole nitrogens is 1. The Balaban J connectivity index is 1.80. The van der Waals surface area contributed by atoms with E-state index in [9.17, 15) is 0 Å². The van der Waals surface area contributed by atoms with Gasteiger partial charge in [-0.25, -0.2) is 19.9 Å². The lowest BCUT2D eigenvalue weighted by Gasteiger charge is -2.03. The van der Waals surface area contributed by atoms with E-state index in [0.717, 1.165) is 5.56 Å². The summed E-state index contributed by atoms with van der Waals surface area (Å²) in [5.74, 6) is 1.79. The quantitative estimate of drug-likeness (QED) is 0.601. The molecule has 4 aromatic rings. The Bertz CT molecular complexity index is 968. The van der Waals surface area contributed by atoms with Crippen LogP contribution in [0, 0.1) is 0 Å². The van der Waals surface area contributed by atoms with Crippen molar-refractivity contribution in [3.63, 3.8) is 0 Å². The maximum Gasteiger partial charge on any atom is 0.183 e. The first-order chi connectivity index (χ1) is 11.3. The van der Waals surface area contributed by atoms with Crippen LogP contribution in [0.25, 0.3) is 22.6 Å². The number of imidazole rings is 1. The van der Waals surface area contributed by atoms with Crippen molar-refractivity contribution >= 4 is 34.4 Å². The van der Waals surface area contributed by atoms with Gasteiger partial charge in [0.15, 0.2) is 11.5 Å². The molecule has 112 valence electrons. The summed E-state index contributed by atoms with van der Waals surface area (Å²) in [5.41, 5.74) is 2.02. The number of hydrogen-bond acceptors (Lipinski definition) is 6. The Hall–Kier alpha value is -3.06. The van der Waals surface area contributed by atoms with Gasteiger partial charge in [-0.1, -0.05) is 23.7 Å². The SMILES string of the molecule is Clc1ccccc1-c1nc2ncnc(Nc3cnccn3)c2[nH]1. The molecule has 0 unspecified atom stereocenters. The highest BCUT2D eigenvalue weighted by atomic mass is 35.5. The van der Waals surface area contributed by atoms with Crippen LogP contribution in [0.3, 0.4) is 0 Å². The van der Waals surface area contributed by atoms with Crippen molar-refractivity contribution in [3.05, 3.63) is 54.2 Å². The van der Waals surface area contributed by atoms with E-state index >= 15 is 0 Å². The van der Waals surface area contributed by atoms with Crippen LogP contribution in [0.2, 0.25) is 5.02 Å². The van der Waals surface area contributed by atoms with Crippen LogP contribution in [-0.2, 0) is 0 Å². The van der Waals surface area contributed by atoms with Crippen LogP contribution in [-0.4, -0.2) is 29.9 Å². The highest BCUT2D eigenvalue weighted by Gasteiger charge is 2.13. The van der Waals surface area contributed by atoms with Crippen molar-refractivity contribution in [1.29, 1.82) is 0 Å². The molecule has 0 amide bonds. The first-order valence-corrected chi connectivity index (χ1v) is 7.18. The van der Waals surface area contributed by atoms with E-state index in [-0.39, 0.29) is 0 Å². The van der Waals surface area contributed by atoms with Crippen LogP contribution in [0.15, 0.2) is 49.2 Å². The van der Waals surface area contributed by atoms with Gasteiger partial charge in [-0.15, -0.1) is 0 Å². The maximum absolute atomic E-state index is 6.23. The van der Waals surface area contributed by atoms with E-state index < -0.39 is 0 Å². The van der Waals surface area contributed by atoms with Crippen molar-refractivity contribution in [2.24, 2.45) is 0 Å². The molecule has 0 bridgehead atoms. The monoisotopic (exact) mass is 323 g/mol. The van der Waals surface area contributed by atoms with Gasteiger partial charge >= 0.3 is 0 Å². The van der Waals surface area contributed by atoms with Gasteiger partial charge in [-0.05, 0) is 12.1 Å². The Labute approximate surface area is 135 Å². The van der Waals surface area contributed by atoms with Gasteiger partial charge in [0.05, 0.1) is 11.2 Å². The van der Waals surface area contributed by atoms with Crippen LogP contribution in [0.1, 0.15) is 0 Å². The molecule has 3 aromatic heterocycles. The summed E-state index contributed by atoms with van der Waals surface area (Å²) in [7, 11) is 0. The number of hydrogen-bond donors (Lipinski definition) is 2. The van der Waals surface area contributed by atoms with E-state index in [2.05, 4.69) is 35.2 Å². The minimum atomic E-state index is 0.543. The summed E-state index contributed by atoms with van der Waals surface area (Å²) in [6, 6.07) is 7.48. The highest BCUT2D eigenvalue weighted by Crippen LogP contribution is 2.28. The fraction of sp³-hybridized carbons (Fsp3) is 0. The average molecular weight is 324 g/mol. The first kappa shape index (κ1) is 13.6. The van der Waals surface area contributed by atoms with E-state index in [0.29, 0.717) is 33.6 Å². The minimum absolute atomic E-state index is 0.543. The van der Waals surface area contributed by atoms with Crippen molar-refractivity contribution in [3.8, 4) is 11.4 Å². The van der Waals surface area contributed by atoms with Gasteiger partial charge in [0.25, 0.3) is 0 Å². The number of anilines is 2. The topological polar surface area (TPSA) is 92.3 Å². The highest BCUT2D eigenvalue weighted by molar-refractivity contribution is 6.33. The smallest absolute Gasteiger partial charge is 0.183 e. The molecule has 23 heavy (non-hydrogen) atoms. The zero-order valence-corrected chi connectivity index (χ0v) is 12.5. The van der Waals surface area contributed by atoms with E-state index in [1.54, 1.807) is 18.6 Å². The fourth-order valence-electron chi connectivity index (χ4n) is 2.19. The Morgan fingerprint density at radius 3 is 2.78 bits per heavy atom. The Morgan fingerprint density at radius 2 is 1.96 bits per heavy atom. The second-order valence-electron chi connectivity index (χ2n) is 4.70. The lowest BCUT2D eigenvalue weighted by Crippen LogP contribution is -1.97. The Kier molecular flexibility index (Phi) is 3.32. The van der Waals surface area contributed by atoms with E-state index in [1.807, 2.05) is 24.3 Å². The number of rotatable bonds is 3. The standard InChI is InChI=1S/C15H10ClN7/c16-10-4-2-1-3-9(10)13-22-12-14(19-8-20-15(12)23-13)21-11-7-17-5-6-18-11/h1-8H,(H2,18,19,20,21,22,23). The summed E-state index contributed by atoms with van der Waals surface area (Å²) in [6.45, 7) is 0. The number of aromatic amines is 1. The molecule has 2 N–H and O–H groups in total. The van der Waals surface area contributed by atoms with E-state index in [1.165, 1.54) is 6.33 Å². The lowest BCUT2D eigenvalue weighted by atomic mass is 10.2. The number of halogens is 1. The predicted molar refractivity (Wildman–Crippen MR) is 87.4 cm³/mol. The zero-order valence-electron chi connectivity index (χ0n) is 11.7. The third-order valence-electron chi connectivity index (χ3n) is 3.23. The number of aromatic nitrogens is 6. The van der Waals surface area contributed by atoms with Crippen LogP contribution in [0.5, 0.6) is 0 Å². The summed E-state index contributed by atoms with van der Waals surface area (Å²) in [4.78, 5) is 24.3. The van der Waals surface area contributed by atoms with Gasteiger partial charge in [-0.3, -0.25) is 4.98 Å². The first-order valence-electron chi connectivity index (χ1n) is 6.80. The molecule has 0 fully saturated rings. The molecule has 3 heterocycles. The molecular formula is C15H10ClN7. The minimum Gasteiger partial charge on any atom is -0.333 e. The molecule has 8 heteroatoms. The maximum atomic E-state index is 6.23. The molecule has 4 rings (SSSR count). The lowest BCUT2D eigenvalue weighted by molar-refractivity contribution is 1.16. The van der Waals surface area contributed by atoms with Crippen LogP contribution < -0.4 is 5.32 Å². The van der Waals surface area contributed by atoms with Crippen molar-refractivity contribution < 1.29 is 0 Å². The molecule has 0 spiro atoms. The summed E-state index contributed by atoms with van der Waals surface area (Å²) >= 11 is 6.23. The summed E-state index contributed by atoms with van der Waals surface area (Å²) < 4.78 is 0. The van der Waals surface area contributed by atoms with Crippen molar-refractivity contribution in [1.82, 2.24) is 29.9 Å². The zero-order chi connectivity index (χ0) is 15.6. The average Bonchev–Trinajstić information content (AvgIpc) is 3.01. The Morgan fingerprint density at radius 1 is 1.04 bits per heavy atom. The molecule has 0 saturated carbocycles. The third-order valence-corrected chi connectivity index (χ3v) is 3.56. The molecule has 7 nitrogen and oxygen atoms in total. The molecule has 0 saturated heterocycles. The molecule has 0 aliphatic carbocycles. The van der Waals surface area contributed by atoms with E-state index in [4.69, 9.17) is 11.6 Å². The largest absolute Gasteiger partial charge is 0.333 e. The molecule has 0 atom stereocenters. The number of nitrogens with one attached hydrogen (secondary N) is 2. The fourth-order valence-corrected chi connectivity index (χ4v) is 2.41. The molecule has 0 aliphatic heterocycles. The summed E-state index contributed by atoms with van der Waals surface area (Å²) in [5, 5.41) is 3.71. The third kappa shape index (κ3) is 2.58. The number of fused-ring (bicyclic) bond motifs is 1. The van der Waals surface area contributed by atoms with Gasteiger partial charge in [0.2, 0.25) is 0 Å². The predicted octanol–water partition coefficient (Wildman–Crippen LogP) is 3.21. The number of nitrogens with zero attached hydrogens (tertiary/aromatic N) is 5.